The van der Waals surface area contributed by atoms with Gasteiger partial charge in [-0.2, -0.15) is 0 Å². The molecule has 2 rings (SSSR count). The zero-order chi connectivity index (χ0) is 18.9. The monoisotopic (exact) mass is 419 g/mol. The van der Waals surface area contributed by atoms with E-state index in [4.69, 9.17) is 4.74 Å². The molecule has 0 aliphatic heterocycles. The number of para-hydroxylation sites is 1. The van der Waals surface area contributed by atoms with Crippen molar-refractivity contribution in [3.05, 3.63) is 58.6 Å². The summed E-state index contributed by atoms with van der Waals surface area (Å²) >= 11 is 3.36. The van der Waals surface area contributed by atoms with E-state index in [2.05, 4.69) is 26.6 Å². The number of amides is 2. The van der Waals surface area contributed by atoms with Gasteiger partial charge in [0, 0.05) is 11.0 Å². The number of hydrogen-bond donors (Lipinski definition) is 2. The van der Waals surface area contributed by atoms with E-state index < -0.39 is 0 Å². The number of methoxy groups -OCH3 is 1. The number of likely N-dealkylation sites (N-methyl/N-ethyl adjacent to an activating group) is 1. The molecule has 138 valence electrons. The highest BCUT2D eigenvalue weighted by Gasteiger charge is 2.10. The van der Waals surface area contributed by atoms with Crippen LogP contribution in [0, 0.1) is 0 Å². The second-order valence-electron chi connectivity index (χ2n) is 5.83. The smallest absolute Gasteiger partial charge is 0.243 e. The summed E-state index contributed by atoms with van der Waals surface area (Å²) in [4.78, 5) is 25.8. The third-order valence-electron chi connectivity index (χ3n) is 3.62. The molecule has 2 aromatic rings. The van der Waals surface area contributed by atoms with Crippen LogP contribution in [0.2, 0.25) is 0 Å². The van der Waals surface area contributed by atoms with E-state index >= 15 is 0 Å². The van der Waals surface area contributed by atoms with Gasteiger partial charge in [0.25, 0.3) is 0 Å². The first-order chi connectivity index (χ1) is 12.5. The minimum Gasteiger partial charge on any atom is -0.497 e. The molecule has 0 unspecified atom stereocenters. The van der Waals surface area contributed by atoms with Gasteiger partial charge in [-0.15, -0.1) is 0 Å². The lowest BCUT2D eigenvalue weighted by Crippen LogP contribution is -2.39. The van der Waals surface area contributed by atoms with Crippen molar-refractivity contribution in [1.29, 1.82) is 0 Å². The van der Waals surface area contributed by atoms with E-state index in [-0.39, 0.29) is 24.9 Å². The van der Waals surface area contributed by atoms with Gasteiger partial charge < -0.3 is 15.4 Å². The van der Waals surface area contributed by atoms with Crippen LogP contribution in [0.25, 0.3) is 0 Å². The minimum atomic E-state index is -0.275. The molecule has 0 saturated carbocycles. The number of hydrogen-bond acceptors (Lipinski definition) is 4. The zero-order valence-electron chi connectivity index (χ0n) is 14.8. The van der Waals surface area contributed by atoms with Crippen LogP contribution in [-0.2, 0) is 16.1 Å². The third-order valence-corrected chi connectivity index (χ3v) is 4.31. The van der Waals surface area contributed by atoms with E-state index in [0.717, 1.165) is 15.8 Å². The Kier molecular flexibility index (Phi) is 7.62. The highest BCUT2D eigenvalue weighted by Crippen LogP contribution is 2.20. The lowest BCUT2D eigenvalue weighted by Gasteiger charge is -2.16. The second kappa shape index (κ2) is 9.94. The van der Waals surface area contributed by atoms with Crippen LogP contribution < -0.4 is 15.4 Å². The van der Waals surface area contributed by atoms with Crippen LogP contribution in [0.3, 0.4) is 0 Å². The Morgan fingerprint density at radius 1 is 1.08 bits per heavy atom. The molecule has 0 aliphatic rings. The molecule has 0 radical (unpaired) electrons. The quantitative estimate of drug-likeness (QED) is 0.689. The Morgan fingerprint density at radius 3 is 2.42 bits per heavy atom. The van der Waals surface area contributed by atoms with Gasteiger partial charge >= 0.3 is 0 Å². The molecule has 2 amide bonds. The van der Waals surface area contributed by atoms with Gasteiger partial charge in [-0.05, 0) is 52.8 Å². The number of nitrogens with zero attached hydrogens (tertiary/aromatic N) is 1. The molecular formula is C19H22BrN3O3. The average Bonchev–Trinajstić information content (AvgIpc) is 2.62. The van der Waals surface area contributed by atoms with Crippen molar-refractivity contribution in [2.24, 2.45) is 0 Å². The molecule has 26 heavy (non-hydrogen) atoms. The summed E-state index contributed by atoms with van der Waals surface area (Å²) in [5, 5.41) is 5.37. The van der Waals surface area contributed by atoms with Crippen LogP contribution >= 0.6 is 15.9 Å². The topological polar surface area (TPSA) is 70.7 Å². The van der Waals surface area contributed by atoms with E-state index in [0.29, 0.717) is 12.2 Å². The summed E-state index contributed by atoms with van der Waals surface area (Å²) in [6, 6.07) is 15.0. The third kappa shape index (κ3) is 6.50. The Morgan fingerprint density at radius 2 is 1.77 bits per heavy atom. The average molecular weight is 420 g/mol. The number of rotatable bonds is 8. The normalized spacial score (nSPS) is 10.5. The molecule has 0 spiro atoms. The summed E-state index contributed by atoms with van der Waals surface area (Å²) in [5.74, 6) is 0.316. The Labute approximate surface area is 161 Å². The fourth-order valence-electron chi connectivity index (χ4n) is 2.34. The maximum Gasteiger partial charge on any atom is 0.243 e. The van der Waals surface area contributed by atoms with E-state index in [1.807, 2.05) is 54.4 Å². The van der Waals surface area contributed by atoms with Crippen LogP contribution in [-0.4, -0.2) is 44.0 Å². The first kappa shape index (κ1) is 19.9. The number of nitrogens with one attached hydrogen (secondary N) is 2. The molecular weight excluding hydrogens is 398 g/mol. The standard InChI is InChI=1S/C19H22BrN3O3/c1-23(12-14-7-9-15(26-2)10-8-14)13-19(25)21-11-18(24)22-17-6-4-3-5-16(17)20/h3-10H,11-13H2,1-2H3,(H,21,25)(H,22,24). The summed E-state index contributed by atoms with van der Waals surface area (Å²) in [7, 11) is 3.48. The summed E-state index contributed by atoms with van der Waals surface area (Å²) in [6.45, 7) is 0.755. The minimum absolute atomic E-state index is 0.0729. The highest BCUT2D eigenvalue weighted by atomic mass is 79.9. The second-order valence-corrected chi connectivity index (χ2v) is 6.68. The molecule has 6 nitrogen and oxygen atoms in total. The van der Waals surface area contributed by atoms with E-state index in [1.54, 1.807) is 13.2 Å². The summed E-state index contributed by atoms with van der Waals surface area (Å²) in [5.41, 5.74) is 1.75. The summed E-state index contributed by atoms with van der Waals surface area (Å²) in [6.07, 6.45) is 0. The predicted octanol–water partition coefficient (Wildman–Crippen LogP) is 2.64. The molecule has 7 heteroatoms. The van der Waals surface area contributed by atoms with Crippen LogP contribution in [0.1, 0.15) is 5.56 Å². The van der Waals surface area contributed by atoms with Crippen LogP contribution in [0.5, 0.6) is 5.75 Å². The fraction of sp³-hybridized carbons (Fsp3) is 0.263. The lowest BCUT2D eigenvalue weighted by atomic mass is 10.2. The van der Waals surface area contributed by atoms with Crippen LogP contribution in [0.15, 0.2) is 53.0 Å². The Balaban J connectivity index is 1.73. The van der Waals surface area contributed by atoms with Crippen molar-refractivity contribution in [2.45, 2.75) is 6.54 Å². The molecule has 0 saturated heterocycles. The Bertz CT molecular complexity index is 750. The van der Waals surface area contributed by atoms with Crippen molar-refractivity contribution in [3.8, 4) is 5.75 Å². The highest BCUT2D eigenvalue weighted by molar-refractivity contribution is 9.10. The van der Waals surface area contributed by atoms with Crippen molar-refractivity contribution >= 4 is 33.4 Å². The predicted molar refractivity (Wildman–Crippen MR) is 105 cm³/mol. The largest absolute Gasteiger partial charge is 0.497 e. The van der Waals surface area contributed by atoms with E-state index in [9.17, 15) is 9.59 Å². The molecule has 0 aliphatic carbocycles. The zero-order valence-corrected chi connectivity index (χ0v) is 16.4. The number of ether oxygens (including phenoxy) is 1. The van der Waals surface area contributed by atoms with Crippen molar-refractivity contribution in [1.82, 2.24) is 10.2 Å². The van der Waals surface area contributed by atoms with Gasteiger partial charge in [0.05, 0.1) is 25.9 Å². The maximum absolute atomic E-state index is 12.0. The van der Waals surface area contributed by atoms with Gasteiger partial charge in [0.15, 0.2) is 0 Å². The number of halogens is 1. The fourth-order valence-corrected chi connectivity index (χ4v) is 2.72. The summed E-state index contributed by atoms with van der Waals surface area (Å²) < 4.78 is 5.92. The molecule has 0 bridgehead atoms. The molecule has 0 fully saturated rings. The van der Waals surface area contributed by atoms with Crippen molar-refractivity contribution in [2.75, 3.05) is 32.6 Å². The van der Waals surface area contributed by atoms with Crippen molar-refractivity contribution in [3.63, 3.8) is 0 Å². The van der Waals surface area contributed by atoms with Gasteiger partial charge in [-0.25, -0.2) is 0 Å². The van der Waals surface area contributed by atoms with Gasteiger partial charge in [0.2, 0.25) is 11.8 Å². The number of anilines is 1. The maximum atomic E-state index is 12.0. The van der Waals surface area contributed by atoms with Crippen LogP contribution in [0.4, 0.5) is 5.69 Å². The SMILES string of the molecule is COc1ccc(CN(C)CC(=O)NCC(=O)Nc2ccccc2Br)cc1. The van der Waals surface area contributed by atoms with Gasteiger partial charge in [-0.1, -0.05) is 24.3 Å². The molecule has 0 aromatic heterocycles. The Hall–Kier alpha value is -2.38. The number of carbonyl (C=O) groups excluding carboxylic acids is 2. The molecule has 0 atom stereocenters. The molecule has 0 heterocycles. The number of carbonyl (C=O) groups is 2. The first-order valence-corrected chi connectivity index (χ1v) is 8.90. The lowest BCUT2D eigenvalue weighted by molar-refractivity contribution is -0.124. The first-order valence-electron chi connectivity index (χ1n) is 8.10. The van der Waals surface area contributed by atoms with Gasteiger partial charge in [0.1, 0.15) is 5.75 Å². The molecule has 2 N–H and O–H groups in total. The molecule has 2 aromatic carbocycles. The van der Waals surface area contributed by atoms with Crippen molar-refractivity contribution < 1.29 is 14.3 Å². The van der Waals surface area contributed by atoms with E-state index in [1.165, 1.54) is 0 Å². The van der Waals surface area contributed by atoms with Gasteiger partial charge in [-0.3, -0.25) is 14.5 Å². The number of benzene rings is 2.